The van der Waals surface area contributed by atoms with Crippen LogP contribution in [0.25, 0.3) is 0 Å². The highest BCUT2D eigenvalue weighted by atomic mass is 35.5. The first-order chi connectivity index (χ1) is 12.7. The first-order valence-corrected chi connectivity index (χ1v) is 8.50. The van der Waals surface area contributed by atoms with Crippen molar-refractivity contribution in [2.24, 2.45) is 0 Å². The number of carbonyl (C=O) groups excluding carboxylic acids is 2. The Morgan fingerprint density at radius 2 is 2.07 bits per heavy atom. The highest BCUT2D eigenvalue weighted by Crippen LogP contribution is 2.26. The summed E-state index contributed by atoms with van der Waals surface area (Å²) < 4.78 is 6.79. The van der Waals surface area contributed by atoms with Gasteiger partial charge in [-0.1, -0.05) is 11.6 Å². The SMILES string of the molecule is Cc1cc(C)n(CCC(=O)O[C@@H](C)C(=O)Nc2cc([N+](=O)[O-])ccc2Cl)n1. The van der Waals surface area contributed by atoms with E-state index in [1.54, 1.807) is 4.68 Å². The Labute approximate surface area is 160 Å². The molecule has 1 amide bonds. The molecule has 2 aromatic rings. The van der Waals surface area contributed by atoms with Crippen LogP contribution < -0.4 is 5.32 Å². The molecule has 27 heavy (non-hydrogen) atoms. The van der Waals surface area contributed by atoms with Gasteiger partial charge in [0.2, 0.25) is 0 Å². The molecule has 0 aliphatic carbocycles. The highest BCUT2D eigenvalue weighted by molar-refractivity contribution is 6.33. The van der Waals surface area contributed by atoms with Crippen molar-refractivity contribution in [1.82, 2.24) is 9.78 Å². The average Bonchev–Trinajstić information content (AvgIpc) is 2.92. The molecule has 0 saturated heterocycles. The third-order valence-electron chi connectivity index (χ3n) is 3.73. The van der Waals surface area contributed by atoms with E-state index in [2.05, 4.69) is 10.4 Å². The van der Waals surface area contributed by atoms with E-state index in [-0.39, 0.29) is 22.8 Å². The minimum atomic E-state index is -1.09. The summed E-state index contributed by atoms with van der Waals surface area (Å²) in [6.45, 7) is 5.48. The molecule has 0 fully saturated rings. The monoisotopic (exact) mass is 394 g/mol. The number of aromatic nitrogens is 2. The summed E-state index contributed by atoms with van der Waals surface area (Å²) in [6, 6.07) is 5.56. The predicted molar refractivity (Wildman–Crippen MR) is 98.6 cm³/mol. The number of ether oxygens (including phenoxy) is 1. The number of rotatable bonds is 7. The van der Waals surface area contributed by atoms with Crippen molar-refractivity contribution in [3.8, 4) is 0 Å². The molecule has 0 aliphatic rings. The average molecular weight is 395 g/mol. The standard InChI is InChI=1S/C17H19ClN4O5/c1-10-8-11(2)21(20-10)7-6-16(23)27-12(3)17(24)19-15-9-13(22(25)26)4-5-14(15)18/h4-5,8-9,12H,6-7H2,1-3H3,(H,19,24)/t12-/m0/s1. The molecule has 1 heterocycles. The van der Waals surface area contributed by atoms with Crippen molar-refractivity contribution in [3.63, 3.8) is 0 Å². The minimum absolute atomic E-state index is 0.0527. The third-order valence-corrected chi connectivity index (χ3v) is 4.06. The van der Waals surface area contributed by atoms with E-state index in [1.165, 1.54) is 19.1 Å². The number of hydrogen-bond acceptors (Lipinski definition) is 6. The Bertz CT molecular complexity index is 880. The van der Waals surface area contributed by atoms with Gasteiger partial charge in [0.1, 0.15) is 0 Å². The number of aryl methyl sites for hydroxylation is 3. The lowest BCUT2D eigenvalue weighted by atomic mass is 10.2. The van der Waals surface area contributed by atoms with Gasteiger partial charge in [-0.15, -0.1) is 0 Å². The Hall–Kier alpha value is -2.94. The minimum Gasteiger partial charge on any atom is -0.452 e. The second-order valence-corrected chi connectivity index (χ2v) is 6.35. The van der Waals surface area contributed by atoms with E-state index in [4.69, 9.17) is 16.3 Å². The normalized spacial score (nSPS) is 11.7. The van der Waals surface area contributed by atoms with Crippen molar-refractivity contribution < 1.29 is 19.2 Å². The van der Waals surface area contributed by atoms with Gasteiger partial charge in [-0.3, -0.25) is 24.4 Å². The number of anilines is 1. The van der Waals surface area contributed by atoms with E-state index in [9.17, 15) is 19.7 Å². The zero-order chi connectivity index (χ0) is 20.1. The number of benzene rings is 1. The maximum absolute atomic E-state index is 12.2. The molecular weight excluding hydrogens is 376 g/mol. The maximum atomic E-state index is 12.2. The van der Waals surface area contributed by atoms with Crippen molar-refractivity contribution in [1.29, 1.82) is 0 Å². The van der Waals surface area contributed by atoms with Crippen molar-refractivity contribution in [2.75, 3.05) is 5.32 Å². The molecule has 0 spiro atoms. The lowest BCUT2D eigenvalue weighted by Crippen LogP contribution is -2.30. The smallest absolute Gasteiger partial charge is 0.308 e. The van der Waals surface area contributed by atoms with Crippen LogP contribution in [-0.2, 0) is 20.9 Å². The van der Waals surface area contributed by atoms with Gasteiger partial charge >= 0.3 is 5.97 Å². The molecule has 0 unspecified atom stereocenters. The van der Waals surface area contributed by atoms with E-state index in [1.807, 2.05) is 19.9 Å². The summed E-state index contributed by atoms with van der Waals surface area (Å²) in [6.07, 6.45) is -1.04. The number of esters is 1. The molecule has 10 heteroatoms. The molecule has 0 bridgehead atoms. The summed E-state index contributed by atoms with van der Waals surface area (Å²) in [5.41, 5.74) is 1.62. The first-order valence-electron chi connectivity index (χ1n) is 8.12. The van der Waals surface area contributed by atoms with Crippen molar-refractivity contribution in [2.45, 2.75) is 39.8 Å². The van der Waals surface area contributed by atoms with Crippen LogP contribution in [0.5, 0.6) is 0 Å². The van der Waals surface area contributed by atoms with Crippen LogP contribution in [0.4, 0.5) is 11.4 Å². The molecule has 0 aliphatic heterocycles. The first kappa shape index (κ1) is 20.4. The van der Waals surface area contributed by atoms with Gasteiger partial charge in [0, 0.05) is 17.8 Å². The van der Waals surface area contributed by atoms with Crippen molar-refractivity contribution >= 4 is 34.9 Å². The van der Waals surface area contributed by atoms with Gasteiger partial charge in [0.25, 0.3) is 11.6 Å². The van der Waals surface area contributed by atoms with Gasteiger partial charge in [0.05, 0.1) is 34.3 Å². The van der Waals surface area contributed by atoms with Crippen LogP contribution in [-0.4, -0.2) is 32.7 Å². The molecule has 0 saturated carbocycles. The van der Waals surface area contributed by atoms with Crippen LogP contribution in [0.3, 0.4) is 0 Å². The van der Waals surface area contributed by atoms with Gasteiger partial charge < -0.3 is 10.1 Å². The quantitative estimate of drug-likeness (QED) is 0.438. The third kappa shape index (κ3) is 5.52. The number of nitro benzene ring substituents is 1. The number of nitrogens with zero attached hydrogens (tertiary/aromatic N) is 3. The zero-order valence-corrected chi connectivity index (χ0v) is 15.8. The number of amides is 1. The Morgan fingerprint density at radius 3 is 2.67 bits per heavy atom. The Balaban J connectivity index is 1.91. The number of halogens is 1. The number of hydrogen-bond donors (Lipinski definition) is 1. The molecule has 9 nitrogen and oxygen atoms in total. The summed E-state index contributed by atoms with van der Waals surface area (Å²) >= 11 is 5.93. The van der Waals surface area contributed by atoms with Crippen LogP contribution in [0.2, 0.25) is 5.02 Å². The molecule has 1 N–H and O–H groups in total. The Kier molecular flexibility index (Phi) is 6.51. The number of non-ortho nitro benzene ring substituents is 1. The zero-order valence-electron chi connectivity index (χ0n) is 15.1. The molecule has 144 valence electrons. The van der Waals surface area contributed by atoms with Crippen LogP contribution in [0.15, 0.2) is 24.3 Å². The van der Waals surface area contributed by atoms with E-state index < -0.39 is 22.9 Å². The van der Waals surface area contributed by atoms with Gasteiger partial charge in [-0.2, -0.15) is 5.10 Å². The fraction of sp³-hybridized carbons (Fsp3) is 0.353. The Morgan fingerprint density at radius 1 is 1.37 bits per heavy atom. The fourth-order valence-electron chi connectivity index (χ4n) is 2.37. The van der Waals surface area contributed by atoms with Gasteiger partial charge in [0.15, 0.2) is 6.10 Å². The molecular formula is C17H19ClN4O5. The van der Waals surface area contributed by atoms with E-state index in [0.29, 0.717) is 6.54 Å². The summed E-state index contributed by atoms with van der Waals surface area (Å²) in [5.74, 6) is -1.20. The second-order valence-electron chi connectivity index (χ2n) is 5.94. The predicted octanol–water partition coefficient (Wildman–Crippen LogP) is 3.02. The second kappa shape index (κ2) is 8.63. The van der Waals surface area contributed by atoms with Crippen LogP contribution in [0.1, 0.15) is 24.7 Å². The number of carbonyl (C=O) groups is 2. The van der Waals surface area contributed by atoms with Crippen LogP contribution >= 0.6 is 11.6 Å². The van der Waals surface area contributed by atoms with Crippen molar-refractivity contribution in [3.05, 3.63) is 50.8 Å². The molecule has 1 atom stereocenters. The lowest BCUT2D eigenvalue weighted by molar-refractivity contribution is -0.384. The number of nitrogens with one attached hydrogen (secondary N) is 1. The summed E-state index contributed by atoms with van der Waals surface area (Å²) in [5, 5.41) is 17.6. The molecule has 2 rings (SSSR count). The lowest BCUT2D eigenvalue weighted by Gasteiger charge is -2.14. The maximum Gasteiger partial charge on any atom is 0.308 e. The molecule has 1 aromatic carbocycles. The van der Waals surface area contributed by atoms with E-state index in [0.717, 1.165) is 17.5 Å². The summed E-state index contributed by atoms with van der Waals surface area (Å²) in [4.78, 5) is 34.3. The summed E-state index contributed by atoms with van der Waals surface area (Å²) in [7, 11) is 0. The topological polar surface area (TPSA) is 116 Å². The van der Waals surface area contributed by atoms with E-state index >= 15 is 0 Å². The van der Waals surface area contributed by atoms with Gasteiger partial charge in [-0.05, 0) is 32.9 Å². The molecule has 1 aromatic heterocycles. The van der Waals surface area contributed by atoms with Crippen LogP contribution in [0, 0.1) is 24.0 Å². The van der Waals surface area contributed by atoms with Gasteiger partial charge in [-0.25, -0.2) is 0 Å². The number of nitro groups is 1. The highest BCUT2D eigenvalue weighted by Gasteiger charge is 2.20. The molecule has 0 radical (unpaired) electrons. The largest absolute Gasteiger partial charge is 0.452 e. The fourth-order valence-corrected chi connectivity index (χ4v) is 2.53.